The zero-order valence-corrected chi connectivity index (χ0v) is 12.8. The maximum atomic E-state index is 3.80. The fourth-order valence-electron chi connectivity index (χ4n) is 6.78. The molecule has 19 heavy (non-hydrogen) atoms. The van der Waals surface area contributed by atoms with E-state index in [1.807, 2.05) is 0 Å². The molecule has 2 bridgehead atoms. The Morgan fingerprint density at radius 2 is 1.68 bits per heavy atom. The van der Waals surface area contributed by atoms with E-state index in [0.29, 0.717) is 0 Å². The van der Waals surface area contributed by atoms with Crippen LogP contribution in [0.1, 0.15) is 58.3 Å². The lowest BCUT2D eigenvalue weighted by molar-refractivity contribution is 0.154. The molecule has 0 radical (unpaired) electrons. The third-order valence-corrected chi connectivity index (χ3v) is 7.50. The Balaban J connectivity index is 1.49. The van der Waals surface area contributed by atoms with Crippen LogP contribution in [0.3, 0.4) is 0 Å². The van der Waals surface area contributed by atoms with Crippen molar-refractivity contribution in [1.29, 1.82) is 0 Å². The molecule has 4 aliphatic rings. The molecular formula is C18H31N. The minimum Gasteiger partial charge on any atom is -0.316 e. The largest absolute Gasteiger partial charge is 0.316 e. The van der Waals surface area contributed by atoms with Gasteiger partial charge in [-0.15, -0.1) is 0 Å². The van der Waals surface area contributed by atoms with Crippen LogP contribution < -0.4 is 5.32 Å². The van der Waals surface area contributed by atoms with Gasteiger partial charge in [-0.1, -0.05) is 32.6 Å². The topological polar surface area (TPSA) is 12.0 Å². The van der Waals surface area contributed by atoms with E-state index in [4.69, 9.17) is 0 Å². The van der Waals surface area contributed by atoms with Crippen LogP contribution in [0, 0.1) is 41.4 Å². The van der Waals surface area contributed by atoms with Gasteiger partial charge in [-0.25, -0.2) is 0 Å². The maximum absolute atomic E-state index is 3.80. The molecule has 0 amide bonds. The Labute approximate surface area is 118 Å². The highest BCUT2D eigenvalue weighted by molar-refractivity contribution is 5.16. The van der Waals surface area contributed by atoms with Crippen molar-refractivity contribution >= 4 is 0 Å². The van der Waals surface area contributed by atoms with Crippen LogP contribution in [0.25, 0.3) is 0 Å². The number of hydrogen-bond donors (Lipinski definition) is 1. The summed E-state index contributed by atoms with van der Waals surface area (Å²) in [4.78, 5) is 0. The molecule has 4 rings (SSSR count). The van der Waals surface area contributed by atoms with E-state index < -0.39 is 0 Å². The summed E-state index contributed by atoms with van der Waals surface area (Å²) in [7, 11) is 2.25. The van der Waals surface area contributed by atoms with Crippen molar-refractivity contribution in [3.63, 3.8) is 0 Å². The summed E-state index contributed by atoms with van der Waals surface area (Å²) in [5, 5.41) is 3.80. The molecule has 7 unspecified atom stereocenters. The first kappa shape index (κ1) is 12.7. The lowest BCUT2D eigenvalue weighted by atomic mass is 9.72. The Morgan fingerprint density at radius 1 is 1.00 bits per heavy atom. The molecule has 0 spiro atoms. The summed E-state index contributed by atoms with van der Waals surface area (Å²) in [5.74, 6) is 7.67. The van der Waals surface area contributed by atoms with Gasteiger partial charge in [0.1, 0.15) is 0 Å². The second-order valence-electron chi connectivity index (χ2n) is 8.00. The summed E-state index contributed by atoms with van der Waals surface area (Å²) in [6.45, 7) is 2.42. The zero-order chi connectivity index (χ0) is 13.0. The Bertz CT molecular complexity index is 323. The molecule has 108 valence electrons. The number of fused-ring (bicyclic) bond motifs is 5. The first-order chi connectivity index (χ1) is 9.35. The van der Waals surface area contributed by atoms with Gasteiger partial charge in [0.2, 0.25) is 0 Å². The van der Waals surface area contributed by atoms with E-state index in [0.717, 1.165) is 47.5 Å². The quantitative estimate of drug-likeness (QED) is 0.804. The molecule has 1 heteroatoms. The average molecular weight is 261 g/mol. The molecular weight excluding hydrogens is 230 g/mol. The van der Waals surface area contributed by atoms with E-state index in [2.05, 4.69) is 19.3 Å². The van der Waals surface area contributed by atoms with Crippen molar-refractivity contribution in [3.05, 3.63) is 0 Å². The Hall–Kier alpha value is -0.0400. The van der Waals surface area contributed by atoms with Crippen molar-refractivity contribution < 1.29 is 0 Å². The lowest BCUT2D eigenvalue weighted by Crippen LogP contribution is -2.42. The molecule has 0 aliphatic heterocycles. The zero-order valence-electron chi connectivity index (χ0n) is 12.8. The van der Waals surface area contributed by atoms with Gasteiger partial charge < -0.3 is 5.32 Å². The first-order valence-corrected chi connectivity index (χ1v) is 9.02. The predicted molar refractivity (Wildman–Crippen MR) is 79.9 cm³/mol. The van der Waals surface area contributed by atoms with Crippen LogP contribution in [0.4, 0.5) is 0 Å². The molecule has 0 saturated heterocycles. The van der Waals surface area contributed by atoms with Crippen molar-refractivity contribution in [2.24, 2.45) is 41.4 Å². The summed E-state index contributed by atoms with van der Waals surface area (Å²) in [6.07, 6.45) is 12.2. The molecule has 7 atom stereocenters. The van der Waals surface area contributed by atoms with E-state index in [1.165, 1.54) is 32.1 Å². The molecule has 4 fully saturated rings. The van der Waals surface area contributed by atoms with Crippen LogP contribution >= 0.6 is 0 Å². The van der Waals surface area contributed by atoms with Gasteiger partial charge in [0.05, 0.1) is 0 Å². The van der Waals surface area contributed by atoms with Gasteiger partial charge in [0.15, 0.2) is 0 Å². The second kappa shape index (κ2) is 4.76. The fourth-order valence-corrected chi connectivity index (χ4v) is 6.78. The van der Waals surface area contributed by atoms with Gasteiger partial charge in [-0.05, 0) is 74.2 Å². The Morgan fingerprint density at radius 3 is 2.32 bits per heavy atom. The standard InChI is InChI=1S/C18H31N/c1-3-11-6-4-5-7-14(11)18(19-2)17-15-12-8-9-13(10-12)16(15)17/h11-19H,3-10H2,1-2H3. The van der Waals surface area contributed by atoms with Crippen molar-refractivity contribution in [2.75, 3.05) is 7.05 Å². The minimum atomic E-state index is 0.864. The number of rotatable bonds is 4. The highest BCUT2D eigenvalue weighted by Gasteiger charge is 2.67. The maximum Gasteiger partial charge on any atom is 0.0129 e. The molecule has 0 aromatic heterocycles. The highest BCUT2D eigenvalue weighted by Crippen LogP contribution is 2.71. The molecule has 1 N–H and O–H groups in total. The van der Waals surface area contributed by atoms with E-state index in [-0.39, 0.29) is 0 Å². The van der Waals surface area contributed by atoms with Gasteiger partial charge in [-0.2, -0.15) is 0 Å². The summed E-state index contributed by atoms with van der Waals surface area (Å²) >= 11 is 0. The van der Waals surface area contributed by atoms with Crippen LogP contribution in [0.2, 0.25) is 0 Å². The minimum absolute atomic E-state index is 0.864. The van der Waals surface area contributed by atoms with E-state index in [1.54, 1.807) is 19.3 Å². The average Bonchev–Trinajstić information content (AvgIpc) is 2.88. The molecule has 0 aromatic rings. The van der Waals surface area contributed by atoms with Gasteiger partial charge in [0.25, 0.3) is 0 Å². The monoisotopic (exact) mass is 261 g/mol. The summed E-state index contributed by atoms with van der Waals surface area (Å²) < 4.78 is 0. The third-order valence-electron chi connectivity index (χ3n) is 7.50. The number of nitrogens with one attached hydrogen (secondary N) is 1. The second-order valence-corrected chi connectivity index (χ2v) is 8.00. The molecule has 0 aromatic carbocycles. The molecule has 4 aliphatic carbocycles. The molecule has 4 saturated carbocycles. The Kier molecular flexibility index (Phi) is 3.17. The fraction of sp³-hybridized carbons (Fsp3) is 1.00. The van der Waals surface area contributed by atoms with E-state index in [9.17, 15) is 0 Å². The molecule has 0 heterocycles. The van der Waals surface area contributed by atoms with Gasteiger partial charge in [0, 0.05) is 6.04 Å². The SMILES string of the molecule is CCC1CCCCC1C(NC)C1C2C3CCC(C3)C21. The third kappa shape index (κ3) is 1.83. The van der Waals surface area contributed by atoms with Gasteiger partial charge >= 0.3 is 0 Å². The summed E-state index contributed by atoms with van der Waals surface area (Å²) in [5.41, 5.74) is 0. The normalized spacial score (nSPS) is 53.1. The smallest absolute Gasteiger partial charge is 0.0129 e. The van der Waals surface area contributed by atoms with Crippen molar-refractivity contribution in [3.8, 4) is 0 Å². The van der Waals surface area contributed by atoms with Crippen LogP contribution in [-0.4, -0.2) is 13.1 Å². The van der Waals surface area contributed by atoms with Crippen LogP contribution in [0.15, 0.2) is 0 Å². The van der Waals surface area contributed by atoms with Crippen LogP contribution in [-0.2, 0) is 0 Å². The first-order valence-electron chi connectivity index (χ1n) is 9.02. The van der Waals surface area contributed by atoms with Crippen molar-refractivity contribution in [2.45, 2.75) is 64.3 Å². The van der Waals surface area contributed by atoms with Gasteiger partial charge in [-0.3, -0.25) is 0 Å². The highest BCUT2D eigenvalue weighted by atomic mass is 14.9. The summed E-state index contributed by atoms with van der Waals surface area (Å²) in [6, 6.07) is 0.864. The van der Waals surface area contributed by atoms with Crippen molar-refractivity contribution in [1.82, 2.24) is 5.32 Å². The molecule has 1 nitrogen and oxygen atoms in total. The predicted octanol–water partition coefficient (Wildman–Crippen LogP) is 4.08. The van der Waals surface area contributed by atoms with Crippen LogP contribution in [0.5, 0.6) is 0 Å². The van der Waals surface area contributed by atoms with E-state index >= 15 is 0 Å². The lowest BCUT2D eigenvalue weighted by Gasteiger charge is -2.38. The number of hydrogen-bond acceptors (Lipinski definition) is 1.